The summed E-state index contributed by atoms with van der Waals surface area (Å²) >= 11 is 0. The van der Waals surface area contributed by atoms with Crippen LogP contribution < -0.4 is 9.64 Å². The third-order valence-electron chi connectivity index (χ3n) is 4.62. The van der Waals surface area contributed by atoms with Gasteiger partial charge in [0.1, 0.15) is 12.4 Å². The smallest absolute Gasteiger partial charge is 0.119 e. The number of likely N-dealkylation sites (N-methyl/N-ethyl adjacent to an activating group) is 1. The van der Waals surface area contributed by atoms with E-state index in [1.54, 1.807) is 0 Å². The van der Waals surface area contributed by atoms with E-state index in [0.29, 0.717) is 6.61 Å². The van der Waals surface area contributed by atoms with Gasteiger partial charge in [-0.3, -0.25) is 0 Å². The van der Waals surface area contributed by atoms with Crippen LogP contribution in [-0.2, 0) is 24.3 Å². The molecular formula is C21H28N2O2. The predicted molar refractivity (Wildman–Crippen MR) is 102 cm³/mol. The topological polar surface area (TPSA) is 24.9 Å². The van der Waals surface area contributed by atoms with Crippen molar-refractivity contribution in [1.29, 1.82) is 0 Å². The van der Waals surface area contributed by atoms with Crippen LogP contribution in [0.2, 0.25) is 0 Å². The number of hydrogen-bond acceptors (Lipinski definition) is 4. The molecule has 0 N–H and O–H groups in total. The Bertz CT molecular complexity index is 683. The van der Waals surface area contributed by atoms with Crippen molar-refractivity contribution >= 4 is 5.69 Å². The number of rotatable bonds is 7. The van der Waals surface area contributed by atoms with Crippen molar-refractivity contribution in [3.8, 4) is 5.75 Å². The van der Waals surface area contributed by atoms with Gasteiger partial charge in [-0.25, -0.2) is 0 Å². The van der Waals surface area contributed by atoms with Crippen LogP contribution in [0.15, 0.2) is 42.5 Å². The van der Waals surface area contributed by atoms with E-state index in [9.17, 15) is 0 Å². The minimum Gasteiger partial charge on any atom is -0.492 e. The highest BCUT2D eigenvalue weighted by Gasteiger charge is 2.14. The zero-order valence-electron chi connectivity index (χ0n) is 15.5. The van der Waals surface area contributed by atoms with Crippen LogP contribution >= 0.6 is 0 Å². The van der Waals surface area contributed by atoms with Crippen molar-refractivity contribution in [2.75, 3.05) is 45.8 Å². The summed E-state index contributed by atoms with van der Waals surface area (Å²) in [6.45, 7) is 4.10. The van der Waals surface area contributed by atoms with Crippen molar-refractivity contribution in [3.05, 3.63) is 59.2 Å². The van der Waals surface area contributed by atoms with E-state index in [1.165, 1.54) is 22.4 Å². The summed E-state index contributed by atoms with van der Waals surface area (Å²) in [7, 11) is 6.24. The standard InChI is InChI=1S/C21H28N2O2/c1-22(2)12-14-25-20-9-7-19(8-10-20)23(3)15-17-5-4-6-18-16-24-13-11-21(17)18/h4-10H,11-16H2,1-3H3. The molecule has 0 amide bonds. The molecule has 0 radical (unpaired) electrons. The second-order valence-corrected chi connectivity index (χ2v) is 6.86. The van der Waals surface area contributed by atoms with Crippen LogP contribution in [0.1, 0.15) is 16.7 Å². The summed E-state index contributed by atoms with van der Waals surface area (Å²) in [5.74, 6) is 0.924. The molecule has 4 heteroatoms. The van der Waals surface area contributed by atoms with Crippen LogP contribution in [-0.4, -0.2) is 45.8 Å². The average Bonchev–Trinajstić information content (AvgIpc) is 2.62. The fourth-order valence-corrected chi connectivity index (χ4v) is 3.14. The molecule has 0 saturated heterocycles. The number of nitrogens with zero attached hydrogens (tertiary/aromatic N) is 2. The Morgan fingerprint density at radius 2 is 1.84 bits per heavy atom. The third kappa shape index (κ3) is 4.74. The van der Waals surface area contributed by atoms with Crippen LogP contribution in [0.25, 0.3) is 0 Å². The van der Waals surface area contributed by atoms with Gasteiger partial charge in [0.15, 0.2) is 0 Å². The lowest BCUT2D eigenvalue weighted by molar-refractivity contribution is 0.110. The minimum atomic E-state index is 0.709. The lowest BCUT2D eigenvalue weighted by atomic mass is 9.97. The van der Waals surface area contributed by atoms with E-state index < -0.39 is 0 Å². The molecule has 1 heterocycles. The Labute approximate surface area is 151 Å². The first kappa shape index (κ1) is 17.8. The number of anilines is 1. The zero-order valence-corrected chi connectivity index (χ0v) is 15.5. The summed E-state index contributed by atoms with van der Waals surface area (Å²) in [5.41, 5.74) is 5.39. The fourth-order valence-electron chi connectivity index (χ4n) is 3.14. The molecule has 0 atom stereocenters. The number of ether oxygens (including phenoxy) is 2. The number of benzene rings is 2. The Morgan fingerprint density at radius 3 is 2.60 bits per heavy atom. The van der Waals surface area contributed by atoms with Gasteiger partial charge in [0.25, 0.3) is 0 Å². The van der Waals surface area contributed by atoms with Crippen molar-refractivity contribution in [1.82, 2.24) is 4.90 Å². The second kappa shape index (κ2) is 8.37. The highest BCUT2D eigenvalue weighted by Crippen LogP contribution is 2.25. The largest absolute Gasteiger partial charge is 0.492 e. The first-order chi connectivity index (χ1) is 12.1. The van der Waals surface area contributed by atoms with Crippen LogP contribution in [0.3, 0.4) is 0 Å². The molecule has 0 bridgehead atoms. The van der Waals surface area contributed by atoms with E-state index in [4.69, 9.17) is 9.47 Å². The van der Waals surface area contributed by atoms with Gasteiger partial charge >= 0.3 is 0 Å². The molecule has 25 heavy (non-hydrogen) atoms. The van der Waals surface area contributed by atoms with Gasteiger partial charge in [-0.05, 0) is 61.5 Å². The van der Waals surface area contributed by atoms with E-state index in [2.05, 4.69) is 73.4 Å². The minimum absolute atomic E-state index is 0.709. The zero-order chi connectivity index (χ0) is 17.6. The maximum Gasteiger partial charge on any atom is 0.119 e. The molecule has 0 unspecified atom stereocenters. The van der Waals surface area contributed by atoms with Crippen LogP contribution in [0, 0.1) is 0 Å². The van der Waals surface area contributed by atoms with Crippen molar-refractivity contribution in [3.63, 3.8) is 0 Å². The summed E-state index contributed by atoms with van der Waals surface area (Å²) in [4.78, 5) is 4.41. The molecular weight excluding hydrogens is 312 g/mol. The third-order valence-corrected chi connectivity index (χ3v) is 4.62. The average molecular weight is 340 g/mol. The van der Waals surface area contributed by atoms with E-state index in [-0.39, 0.29) is 0 Å². The summed E-state index contributed by atoms with van der Waals surface area (Å²) in [6.07, 6.45) is 1.01. The Balaban J connectivity index is 1.63. The fraction of sp³-hybridized carbons (Fsp3) is 0.429. The summed E-state index contributed by atoms with van der Waals surface area (Å²) in [6, 6.07) is 14.9. The second-order valence-electron chi connectivity index (χ2n) is 6.86. The summed E-state index contributed by atoms with van der Waals surface area (Å²) < 4.78 is 11.3. The molecule has 4 nitrogen and oxygen atoms in total. The molecule has 1 aliphatic rings. The SMILES string of the molecule is CN(C)CCOc1ccc(N(C)Cc2cccc3c2CCOC3)cc1. The van der Waals surface area contributed by atoms with Crippen molar-refractivity contribution in [2.45, 2.75) is 19.6 Å². The molecule has 0 saturated carbocycles. The molecule has 134 valence electrons. The van der Waals surface area contributed by atoms with Gasteiger partial charge in [0.05, 0.1) is 13.2 Å². The van der Waals surface area contributed by atoms with Gasteiger partial charge in [-0.2, -0.15) is 0 Å². The van der Waals surface area contributed by atoms with Crippen molar-refractivity contribution < 1.29 is 9.47 Å². The normalized spacial score (nSPS) is 13.6. The Kier molecular flexibility index (Phi) is 5.95. The lowest BCUT2D eigenvalue weighted by Crippen LogP contribution is -2.20. The highest BCUT2D eigenvalue weighted by molar-refractivity contribution is 5.50. The highest BCUT2D eigenvalue weighted by atomic mass is 16.5. The van der Waals surface area contributed by atoms with Gasteiger partial charge in [0, 0.05) is 25.8 Å². The van der Waals surface area contributed by atoms with E-state index in [0.717, 1.165) is 38.5 Å². The summed E-state index contributed by atoms with van der Waals surface area (Å²) in [5, 5.41) is 0. The molecule has 2 aromatic carbocycles. The maximum atomic E-state index is 5.77. The molecule has 3 rings (SSSR count). The van der Waals surface area contributed by atoms with E-state index >= 15 is 0 Å². The molecule has 2 aromatic rings. The first-order valence-corrected chi connectivity index (χ1v) is 8.89. The lowest BCUT2D eigenvalue weighted by Gasteiger charge is -2.24. The van der Waals surface area contributed by atoms with Gasteiger partial charge in [-0.15, -0.1) is 0 Å². The van der Waals surface area contributed by atoms with Crippen LogP contribution in [0.5, 0.6) is 5.75 Å². The van der Waals surface area contributed by atoms with Crippen molar-refractivity contribution in [2.24, 2.45) is 0 Å². The maximum absolute atomic E-state index is 5.77. The van der Waals surface area contributed by atoms with Gasteiger partial charge in [0.2, 0.25) is 0 Å². The monoisotopic (exact) mass is 340 g/mol. The quantitative estimate of drug-likeness (QED) is 0.772. The molecule has 0 aliphatic carbocycles. The molecule has 0 spiro atoms. The molecule has 0 aromatic heterocycles. The van der Waals surface area contributed by atoms with Gasteiger partial charge in [-0.1, -0.05) is 18.2 Å². The van der Waals surface area contributed by atoms with E-state index in [1.807, 2.05) is 0 Å². The Morgan fingerprint density at radius 1 is 1.04 bits per heavy atom. The number of fused-ring (bicyclic) bond motifs is 1. The molecule has 1 aliphatic heterocycles. The molecule has 0 fully saturated rings. The predicted octanol–water partition coefficient (Wildman–Crippen LogP) is 3.34. The first-order valence-electron chi connectivity index (χ1n) is 8.89. The number of hydrogen-bond donors (Lipinski definition) is 0. The van der Waals surface area contributed by atoms with Crippen LogP contribution in [0.4, 0.5) is 5.69 Å². The van der Waals surface area contributed by atoms with Gasteiger partial charge < -0.3 is 19.3 Å². The Hall–Kier alpha value is -2.04.